The highest BCUT2D eigenvalue weighted by atomic mass is 16.5. The number of carbonyl (C=O) groups is 1. The molecule has 0 aromatic carbocycles. The van der Waals surface area contributed by atoms with Crippen LogP contribution in [-0.4, -0.2) is 75.1 Å². The van der Waals surface area contributed by atoms with Crippen LogP contribution in [0.4, 0.5) is 0 Å². The molecule has 6 heteroatoms. The maximum absolute atomic E-state index is 12.5. The minimum absolute atomic E-state index is 0.0317. The second-order valence-electron chi connectivity index (χ2n) is 4.75. The van der Waals surface area contributed by atoms with Crippen molar-refractivity contribution in [2.24, 2.45) is 5.92 Å². The lowest BCUT2D eigenvalue weighted by Crippen LogP contribution is -2.47. The van der Waals surface area contributed by atoms with Crippen LogP contribution >= 0.6 is 0 Å². The fourth-order valence-electron chi connectivity index (χ4n) is 2.22. The Balaban J connectivity index is 2.55. The van der Waals surface area contributed by atoms with Crippen LogP contribution in [0.2, 0.25) is 0 Å². The van der Waals surface area contributed by atoms with Gasteiger partial charge >= 0.3 is 0 Å². The molecule has 2 unspecified atom stereocenters. The summed E-state index contributed by atoms with van der Waals surface area (Å²) >= 11 is 0. The number of hydrogen-bond donors (Lipinski definition) is 2. The Bertz CT molecular complexity index is 263. The van der Waals surface area contributed by atoms with Gasteiger partial charge in [0, 0.05) is 26.2 Å². The fraction of sp³-hybridized carbons (Fsp3) is 0.923. The van der Waals surface area contributed by atoms with Gasteiger partial charge in [-0.15, -0.1) is 0 Å². The van der Waals surface area contributed by atoms with E-state index in [1.807, 2.05) is 0 Å². The van der Waals surface area contributed by atoms with Crippen molar-refractivity contribution < 1.29 is 19.4 Å². The molecule has 2 N–H and O–H groups in total. The largest absolute Gasteiger partial charge is 0.395 e. The Morgan fingerprint density at radius 2 is 2.26 bits per heavy atom. The second kappa shape index (κ2) is 9.25. The van der Waals surface area contributed by atoms with Crippen LogP contribution in [0.15, 0.2) is 0 Å². The van der Waals surface area contributed by atoms with E-state index in [1.165, 1.54) is 0 Å². The summed E-state index contributed by atoms with van der Waals surface area (Å²) in [5, 5.41) is 12.4. The fourth-order valence-corrected chi connectivity index (χ4v) is 2.22. The molecule has 1 saturated heterocycles. The van der Waals surface area contributed by atoms with E-state index in [0.29, 0.717) is 32.9 Å². The molecule has 19 heavy (non-hydrogen) atoms. The number of carbonyl (C=O) groups excluding carboxylic acids is 1. The molecule has 0 radical (unpaired) electrons. The van der Waals surface area contributed by atoms with Crippen LogP contribution in [-0.2, 0) is 14.3 Å². The summed E-state index contributed by atoms with van der Waals surface area (Å²) in [5.41, 5.74) is 0. The van der Waals surface area contributed by atoms with Gasteiger partial charge in [0.15, 0.2) is 0 Å². The van der Waals surface area contributed by atoms with Gasteiger partial charge in [-0.2, -0.15) is 0 Å². The highest BCUT2D eigenvalue weighted by molar-refractivity contribution is 5.80. The molecule has 0 aromatic heterocycles. The third-order valence-electron chi connectivity index (χ3n) is 3.30. The monoisotopic (exact) mass is 274 g/mol. The number of aliphatic hydroxyl groups excluding tert-OH is 1. The number of hydrogen-bond acceptors (Lipinski definition) is 5. The predicted octanol–water partition coefficient (Wildman–Crippen LogP) is -0.532. The average molecular weight is 274 g/mol. The Morgan fingerprint density at radius 1 is 1.47 bits per heavy atom. The summed E-state index contributed by atoms with van der Waals surface area (Å²) in [6, 6.07) is 0.0798. The zero-order valence-electron chi connectivity index (χ0n) is 11.9. The lowest BCUT2D eigenvalue weighted by atomic mass is 10.0. The van der Waals surface area contributed by atoms with E-state index in [9.17, 15) is 4.79 Å². The maximum atomic E-state index is 12.5. The number of ether oxygens (including phenoxy) is 2. The first-order valence-electron chi connectivity index (χ1n) is 6.94. The number of methoxy groups -OCH3 is 1. The minimum Gasteiger partial charge on any atom is -0.395 e. The predicted molar refractivity (Wildman–Crippen MR) is 71.9 cm³/mol. The quantitative estimate of drug-likeness (QED) is 0.591. The van der Waals surface area contributed by atoms with E-state index >= 15 is 0 Å². The minimum atomic E-state index is -0.157. The standard InChI is InChI=1S/C13H26N2O4/c1-3-4-14-12-10-19-9-11(12)13(17)15(5-7-16)6-8-18-2/h11-12,14,16H,3-10H2,1-2H3. The molecular formula is C13H26N2O4. The van der Waals surface area contributed by atoms with Crippen LogP contribution in [0.5, 0.6) is 0 Å². The van der Waals surface area contributed by atoms with Gasteiger partial charge in [-0.25, -0.2) is 0 Å². The molecule has 1 aliphatic rings. The number of nitrogens with zero attached hydrogens (tertiary/aromatic N) is 1. The van der Waals surface area contributed by atoms with E-state index in [1.54, 1.807) is 12.0 Å². The molecule has 1 rings (SSSR count). The molecule has 6 nitrogen and oxygen atoms in total. The molecule has 0 aromatic rings. The Kier molecular flexibility index (Phi) is 7.97. The zero-order valence-corrected chi connectivity index (χ0v) is 11.9. The van der Waals surface area contributed by atoms with Crippen molar-refractivity contribution in [3.63, 3.8) is 0 Å². The van der Waals surface area contributed by atoms with E-state index in [4.69, 9.17) is 14.6 Å². The molecule has 1 heterocycles. The van der Waals surface area contributed by atoms with Gasteiger partial charge in [0.1, 0.15) is 0 Å². The third-order valence-corrected chi connectivity index (χ3v) is 3.30. The van der Waals surface area contributed by atoms with E-state index in [0.717, 1.165) is 13.0 Å². The average Bonchev–Trinajstić information content (AvgIpc) is 2.88. The Labute approximate surface area is 115 Å². The molecule has 0 spiro atoms. The van der Waals surface area contributed by atoms with Crippen molar-refractivity contribution in [3.05, 3.63) is 0 Å². The smallest absolute Gasteiger partial charge is 0.229 e. The second-order valence-corrected chi connectivity index (χ2v) is 4.75. The van der Waals surface area contributed by atoms with Crippen molar-refractivity contribution in [3.8, 4) is 0 Å². The summed E-state index contributed by atoms with van der Waals surface area (Å²) in [6.07, 6.45) is 1.03. The normalized spacial score (nSPS) is 22.7. The zero-order chi connectivity index (χ0) is 14.1. The van der Waals surface area contributed by atoms with Crippen molar-refractivity contribution in [2.75, 3.05) is 53.2 Å². The van der Waals surface area contributed by atoms with Gasteiger partial charge in [-0.3, -0.25) is 4.79 Å². The van der Waals surface area contributed by atoms with Gasteiger partial charge in [0.2, 0.25) is 5.91 Å². The van der Waals surface area contributed by atoms with Crippen LogP contribution in [0.25, 0.3) is 0 Å². The van der Waals surface area contributed by atoms with Crippen LogP contribution in [0.3, 0.4) is 0 Å². The third kappa shape index (κ3) is 5.06. The highest BCUT2D eigenvalue weighted by Crippen LogP contribution is 2.17. The topological polar surface area (TPSA) is 71.0 Å². The van der Waals surface area contributed by atoms with Crippen LogP contribution in [0.1, 0.15) is 13.3 Å². The van der Waals surface area contributed by atoms with Gasteiger partial charge in [-0.1, -0.05) is 6.92 Å². The van der Waals surface area contributed by atoms with E-state index < -0.39 is 0 Å². The first-order valence-corrected chi connectivity index (χ1v) is 6.94. The van der Waals surface area contributed by atoms with Crippen LogP contribution in [0, 0.1) is 5.92 Å². The van der Waals surface area contributed by atoms with Gasteiger partial charge in [0.05, 0.1) is 32.3 Å². The van der Waals surface area contributed by atoms with Gasteiger partial charge in [-0.05, 0) is 13.0 Å². The summed E-state index contributed by atoms with van der Waals surface area (Å²) in [7, 11) is 1.60. The summed E-state index contributed by atoms with van der Waals surface area (Å²) in [4.78, 5) is 14.1. The Morgan fingerprint density at radius 3 is 2.89 bits per heavy atom. The Hall–Kier alpha value is -0.690. The highest BCUT2D eigenvalue weighted by Gasteiger charge is 2.35. The molecule has 0 bridgehead atoms. The summed E-state index contributed by atoms with van der Waals surface area (Å²) in [5.74, 6) is -0.118. The van der Waals surface area contributed by atoms with Crippen molar-refractivity contribution in [1.29, 1.82) is 0 Å². The molecule has 1 amide bonds. The summed E-state index contributed by atoms with van der Waals surface area (Å²) < 4.78 is 10.4. The lowest BCUT2D eigenvalue weighted by molar-refractivity contribution is -0.137. The molecule has 0 saturated carbocycles. The van der Waals surface area contributed by atoms with E-state index in [-0.39, 0.29) is 24.5 Å². The van der Waals surface area contributed by atoms with Crippen molar-refractivity contribution >= 4 is 5.91 Å². The van der Waals surface area contributed by atoms with Crippen LogP contribution < -0.4 is 5.32 Å². The van der Waals surface area contributed by atoms with Gasteiger partial charge < -0.3 is 24.8 Å². The molecule has 112 valence electrons. The first kappa shape index (κ1) is 16.4. The SMILES string of the molecule is CCCNC1COCC1C(=O)N(CCO)CCOC. The maximum Gasteiger partial charge on any atom is 0.229 e. The molecule has 0 aliphatic carbocycles. The number of rotatable bonds is 9. The lowest BCUT2D eigenvalue weighted by Gasteiger charge is -2.27. The molecular weight excluding hydrogens is 248 g/mol. The summed E-state index contributed by atoms with van der Waals surface area (Å²) in [6.45, 7) is 5.31. The van der Waals surface area contributed by atoms with Crippen molar-refractivity contribution in [1.82, 2.24) is 10.2 Å². The first-order chi connectivity index (χ1) is 9.24. The molecule has 2 atom stereocenters. The molecule has 1 fully saturated rings. The number of nitrogens with one attached hydrogen (secondary N) is 1. The number of aliphatic hydroxyl groups is 1. The number of amides is 1. The van der Waals surface area contributed by atoms with E-state index in [2.05, 4.69) is 12.2 Å². The molecule has 1 aliphatic heterocycles. The van der Waals surface area contributed by atoms with Crippen molar-refractivity contribution in [2.45, 2.75) is 19.4 Å². The van der Waals surface area contributed by atoms with Gasteiger partial charge in [0.25, 0.3) is 0 Å².